The Morgan fingerprint density at radius 3 is 2.00 bits per heavy atom. The molecule has 2 aromatic rings. The van der Waals surface area contributed by atoms with Gasteiger partial charge in [0.1, 0.15) is 5.75 Å². The fraction of sp³-hybridized carbons (Fsp3) is 0.391. The molecule has 156 valence electrons. The molecule has 0 radical (unpaired) electrons. The molecule has 0 aromatic heterocycles. The van der Waals surface area contributed by atoms with Crippen molar-refractivity contribution in [2.45, 2.75) is 33.6 Å². The van der Waals surface area contributed by atoms with Gasteiger partial charge in [0.25, 0.3) is 11.8 Å². The van der Waals surface area contributed by atoms with E-state index < -0.39 is 0 Å². The van der Waals surface area contributed by atoms with Crippen molar-refractivity contribution in [2.24, 2.45) is 0 Å². The van der Waals surface area contributed by atoms with Crippen molar-refractivity contribution in [3.63, 3.8) is 0 Å². The monoisotopic (exact) mass is 398 g/mol. The van der Waals surface area contributed by atoms with Gasteiger partial charge < -0.3 is 20.3 Å². The van der Waals surface area contributed by atoms with E-state index in [1.165, 1.54) is 0 Å². The molecule has 0 saturated carbocycles. The third-order valence-corrected chi connectivity index (χ3v) is 4.97. The molecule has 2 amide bonds. The summed E-state index contributed by atoms with van der Waals surface area (Å²) in [5.74, 6) is 0.379. The number of carbonyl (C=O) groups excluding carboxylic acids is 2. The van der Waals surface area contributed by atoms with Crippen LogP contribution < -0.4 is 20.3 Å². The zero-order valence-corrected chi connectivity index (χ0v) is 17.8. The van der Waals surface area contributed by atoms with Gasteiger partial charge in [0.15, 0.2) is 13.1 Å². The van der Waals surface area contributed by atoms with Crippen molar-refractivity contribution in [3.05, 3.63) is 53.6 Å². The lowest BCUT2D eigenvalue weighted by molar-refractivity contribution is -0.881. The first-order chi connectivity index (χ1) is 14.0. The normalized spacial score (nSPS) is 11.6. The molecule has 1 atom stereocenters. The molecule has 0 aliphatic carbocycles. The average molecular weight is 399 g/mol. The molecule has 29 heavy (non-hydrogen) atoms. The number of hydrogen-bond donors (Lipinski definition) is 3. The number of amides is 2. The highest BCUT2D eigenvalue weighted by Gasteiger charge is 2.19. The number of carbonyl (C=O) groups is 2. The number of para-hydroxylation sites is 3. The quantitative estimate of drug-likeness (QED) is 0.575. The molecule has 0 heterocycles. The number of rotatable bonds is 10. The van der Waals surface area contributed by atoms with Crippen LogP contribution in [0.5, 0.6) is 5.75 Å². The number of anilines is 2. The average Bonchev–Trinajstić information content (AvgIpc) is 2.73. The standard InChI is InChI=1S/C23H31N3O3/c1-5-17-11-10-12-18(6-2)23(17)25-22(28)16-26(7-3)15-21(27)24-19-13-8-9-14-20(19)29-4/h8-14H,5-7,15-16H2,1-4H3,(H,24,27)(H,25,28)/p+1. The number of quaternary nitrogens is 1. The minimum atomic E-state index is -0.151. The van der Waals surface area contributed by atoms with E-state index >= 15 is 0 Å². The molecule has 0 bridgehead atoms. The number of ether oxygens (including phenoxy) is 1. The van der Waals surface area contributed by atoms with Crippen LogP contribution in [0.1, 0.15) is 31.9 Å². The second-order valence-electron chi connectivity index (χ2n) is 6.91. The van der Waals surface area contributed by atoms with Crippen LogP contribution in [-0.2, 0) is 22.4 Å². The minimum absolute atomic E-state index is 0.0810. The molecule has 0 aliphatic heterocycles. The summed E-state index contributed by atoms with van der Waals surface area (Å²) in [4.78, 5) is 26.0. The summed E-state index contributed by atoms with van der Waals surface area (Å²) in [6, 6.07) is 13.4. The first-order valence-electron chi connectivity index (χ1n) is 10.2. The van der Waals surface area contributed by atoms with Crippen molar-refractivity contribution in [1.82, 2.24) is 0 Å². The number of methoxy groups -OCH3 is 1. The largest absolute Gasteiger partial charge is 0.495 e. The summed E-state index contributed by atoms with van der Waals surface area (Å²) in [6.07, 6.45) is 1.71. The van der Waals surface area contributed by atoms with Gasteiger partial charge in [-0.1, -0.05) is 44.2 Å². The highest BCUT2D eigenvalue weighted by atomic mass is 16.5. The van der Waals surface area contributed by atoms with Gasteiger partial charge in [-0.05, 0) is 43.0 Å². The molecule has 6 nitrogen and oxygen atoms in total. The Kier molecular flexibility index (Phi) is 8.68. The van der Waals surface area contributed by atoms with Gasteiger partial charge in [-0.15, -0.1) is 0 Å². The summed E-state index contributed by atoms with van der Waals surface area (Å²) in [6.45, 7) is 7.24. The van der Waals surface area contributed by atoms with Crippen LogP contribution in [0, 0.1) is 0 Å². The molecule has 0 saturated heterocycles. The van der Waals surface area contributed by atoms with E-state index in [2.05, 4.69) is 24.5 Å². The summed E-state index contributed by atoms with van der Waals surface area (Å²) >= 11 is 0. The third-order valence-electron chi connectivity index (χ3n) is 4.97. The minimum Gasteiger partial charge on any atom is -0.495 e. The molecule has 6 heteroatoms. The van der Waals surface area contributed by atoms with E-state index in [1.807, 2.05) is 37.3 Å². The van der Waals surface area contributed by atoms with Crippen LogP contribution in [-0.4, -0.2) is 38.6 Å². The summed E-state index contributed by atoms with van der Waals surface area (Å²) in [5.41, 5.74) is 3.80. The molecule has 0 fully saturated rings. The van der Waals surface area contributed by atoms with Gasteiger partial charge in [-0.25, -0.2) is 0 Å². The Labute approximate surface area is 173 Å². The van der Waals surface area contributed by atoms with Gasteiger partial charge >= 0.3 is 0 Å². The van der Waals surface area contributed by atoms with Crippen LogP contribution in [0.25, 0.3) is 0 Å². The van der Waals surface area contributed by atoms with E-state index in [0.717, 1.165) is 34.6 Å². The Hall–Kier alpha value is -2.86. The molecule has 0 spiro atoms. The number of nitrogens with one attached hydrogen (secondary N) is 3. The van der Waals surface area contributed by atoms with Crippen molar-refractivity contribution >= 4 is 23.2 Å². The lowest BCUT2D eigenvalue weighted by atomic mass is 10.0. The van der Waals surface area contributed by atoms with Crippen LogP contribution in [0.15, 0.2) is 42.5 Å². The maximum absolute atomic E-state index is 12.7. The van der Waals surface area contributed by atoms with Gasteiger partial charge in [-0.2, -0.15) is 0 Å². The first kappa shape index (κ1) is 22.4. The Bertz CT molecular complexity index is 814. The fourth-order valence-corrected chi connectivity index (χ4v) is 3.30. The number of hydrogen-bond acceptors (Lipinski definition) is 3. The maximum atomic E-state index is 12.7. The Morgan fingerprint density at radius 2 is 1.45 bits per heavy atom. The van der Waals surface area contributed by atoms with Crippen molar-refractivity contribution < 1.29 is 19.2 Å². The Balaban J connectivity index is 1.99. The lowest BCUT2D eigenvalue weighted by Crippen LogP contribution is -3.13. The third kappa shape index (κ3) is 6.32. The Morgan fingerprint density at radius 1 is 0.862 bits per heavy atom. The highest BCUT2D eigenvalue weighted by molar-refractivity contribution is 5.94. The second-order valence-corrected chi connectivity index (χ2v) is 6.91. The topological polar surface area (TPSA) is 71.9 Å². The lowest BCUT2D eigenvalue weighted by Gasteiger charge is -2.19. The second kappa shape index (κ2) is 11.2. The number of aryl methyl sites for hydroxylation is 2. The summed E-state index contributed by atoms with van der Waals surface area (Å²) in [5, 5.41) is 5.94. The maximum Gasteiger partial charge on any atom is 0.279 e. The predicted octanol–water partition coefficient (Wildman–Crippen LogP) is 2.30. The van der Waals surface area contributed by atoms with E-state index in [9.17, 15) is 9.59 Å². The van der Waals surface area contributed by atoms with Gasteiger partial charge in [-0.3, -0.25) is 9.59 Å². The van der Waals surface area contributed by atoms with Gasteiger partial charge in [0.05, 0.1) is 19.3 Å². The molecule has 1 unspecified atom stereocenters. The van der Waals surface area contributed by atoms with Crippen LogP contribution in [0.2, 0.25) is 0 Å². The highest BCUT2D eigenvalue weighted by Crippen LogP contribution is 2.23. The van der Waals surface area contributed by atoms with Crippen molar-refractivity contribution in [3.8, 4) is 5.75 Å². The van der Waals surface area contributed by atoms with Gasteiger partial charge in [0, 0.05) is 5.69 Å². The molecule has 0 aliphatic rings. The van der Waals surface area contributed by atoms with E-state index in [-0.39, 0.29) is 24.9 Å². The SMILES string of the molecule is CCc1cccc(CC)c1NC(=O)C[NH+](CC)CC(=O)Nc1ccccc1OC. The van der Waals surface area contributed by atoms with E-state index in [4.69, 9.17) is 4.74 Å². The predicted molar refractivity (Wildman–Crippen MR) is 117 cm³/mol. The molecule has 2 rings (SSSR count). The zero-order valence-electron chi connectivity index (χ0n) is 17.8. The first-order valence-corrected chi connectivity index (χ1v) is 10.2. The number of likely N-dealkylation sites (N-methyl/N-ethyl adjacent to an activating group) is 1. The van der Waals surface area contributed by atoms with Crippen LogP contribution >= 0.6 is 0 Å². The summed E-state index contributed by atoms with van der Waals surface area (Å²) in [7, 11) is 1.57. The van der Waals surface area contributed by atoms with Crippen molar-refractivity contribution in [2.75, 3.05) is 37.4 Å². The van der Waals surface area contributed by atoms with E-state index in [1.54, 1.807) is 19.2 Å². The molecule has 3 N–H and O–H groups in total. The van der Waals surface area contributed by atoms with Gasteiger partial charge in [0.2, 0.25) is 0 Å². The molecular formula is C23H32N3O3+. The van der Waals surface area contributed by atoms with Crippen LogP contribution in [0.3, 0.4) is 0 Å². The van der Waals surface area contributed by atoms with Crippen LogP contribution in [0.4, 0.5) is 11.4 Å². The number of benzene rings is 2. The smallest absolute Gasteiger partial charge is 0.279 e. The van der Waals surface area contributed by atoms with Crippen molar-refractivity contribution in [1.29, 1.82) is 0 Å². The van der Waals surface area contributed by atoms with E-state index in [0.29, 0.717) is 18.0 Å². The zero-order chi connectivity index (χ0) is 21.2. The molecule has 2 aromatic carbocycles. The summed E-state index contributed by atoms with van der Waals surface area (Å²) < 4.78 is 5.27. The fourth-order valence-electron chi connectivity index (χ4n) is 3.30. The molecular weight excluding hydrogens is 366 g/mol.